The summed E-state index contributed by atoms with van der Waals surface area (Å²) in [6.45, 7) is 2.85. The van der Waals surface area contributed by atoms with Crippen LogP contribution in [0.4, 0.5) is 8.78 Å². The minimum absolute atomic E-state index is 0.0440. The second-order valence-corrected chi connectivity index (χ2v) is 9.26. The molecule has 2 heterocycles. The van der Waals surface area contributed by atoms with E-state index >= 15 is 0 Å². The fourth-order valence-corrected chi connectivity index (χ4v) is 5.02. The van der Waals surface area contributed by atoms with Crippen molar-refractivity contribution in [2.45, 2.75) is 51.6 Å². The van der Waals surface area contributed by atoms with Crippen LogP contribution in [0.15, 0.2) is 48.7 Å². The minimum atomic E-state index is -1.54. The van der Waals surface area contributed by atoms with Gasteiger partial charge in [0.05, 0.1) is 11.6 Å². The Labute approximate surface area is 212 Å². The average Bonchev–Trinajstić information content (AvgIpc) is 3.38. The third-order valence-corrected chi connectivity index (χ3v) is 6.82. The Hall–Kier alpha value is -3.10. The van der Waals surface area contributed by atoms with E-state index in [9.17, 15) is 23.2 Å². The fourth-order valence-electron chi connectivity index (χ4n) is 4.82. The van der Waals surface area contributed by atoms with E-state index in [0.29, 0.717) is 16.5 Å². The molecule has 4 rings (SSSR count). The van der Waals surface area contributed by atoms with Crippen molar-refractivity contribution in [3.63, 3.8) is 0 Å². The van der Waals surface area contributed by atoms with Crippen LogP contribution in [0.3, 0.4) is 0 Å². The smallest absolute Gasteiger partial charge is 0.243 e. The zero-order chi connectivity index (χ0) is 26.0. The van der Waals surface area contributed by atoms with Crippen LogP contribution in [0.5, 0.6) is 0 Å². The van der Waals surface area contributed by atoms with Gasteiger partial charge >= 0.3 is 0 Å². The number of amides is 1. The van der Waals surface area contributed by atoms with E-state index in [1.54, 1.807) is 48.0 Å². The van der Waals surface area contributed by atoms with E-state index < -0.39 is 35.8 Å². The fraction of sp³-hybridized carbons (Fsp3) is 0.370. The van der Waals surface area contributed by atoms with E-state index in [-0.39, 0.29) is 48.9 Å². The maximum atomic E-state index is 15.0. The van der Waals surface area contributed by atoms with E-state index in [1.165, 1.54) is 24.0 Å². The summed E-state index contributed by atoms with van der Waals surface area (Å²) in [5.74, 6) is -1.62. The molecule has 2 aromatic carbocycles. The van der Waals surface area contributed by atoms with Gasteiger partial charge in [0, 0.05) is 35.7 Å². The molecule has 1 aliphatic rings. The number of Topliss-reactive ketones (excluding diaryl/α,β-unsaturated/α-hetero) is 2. The number of rotatable bonds is 9. The van der Waals surface area contributed by atoms with Gasteiger partial charge in [-0.05, 0) is 38.0 Å². The standard InChI is InChI=1S/C27H27ClF2N2O4/c1-3-36-27-21(29)14-32(26(27)23(34)12-11-17-7-6-9-20(28)25(17)30)24(35)15-31-13-19(16(2)33)18-8-4-5-10-22(18)31/h4-10,13,21,26-27H,3,11-12,14-15H2,1-2H3/t21-,26+,27+/m0/s1. The molecule has 0 unspecified atom stereocenters. The number of ketones is 2. The van der Waals surface area contributed by atoms with E-state index in [0.717, 1.165) is 0 Å². The summed E-state index contributed by atoms with van der Waals surface area (Å²) in [6.07, 6.45) is -1.09. The molecule has 9 heteroatoms. The number of hydrogen-bond acceptors (Lipinski definition) is 4. The van der Waals surface area contributed by atoms with Crippen LogP contribution >= 0.6 is 11.6 Å². The molecule has 0 radical (unpaired) electrons. The lowest BCUT2D eigenvalue weighted by molar-refractivity contribution is -0.141. The number of hydrogen-bond donors (Lipinski definition) is 0. The molecule has 0 N–H and O–H groups in total. The van der Waals surface area contributed by atoms with Gasteiger partial charge in [-0.3, -0.25) is 14.4 Å². The van der Waals surface area contributed by atoms with Gasteiger partial charge in [0.1, 0.15) is 30.7 Å². The van der Waals surface area contributed by atoms with Crippen LogP contribution in [0.2, 0.25) is 5.02 Å². The van der Waals surface area contributed by atoms with Gasteiger partial charge in [0.25, 0.3) is 0 Å². The zero-order valence-corrected chi connectivity index (χ0v) is 20.8. The highest BCUT2D eigenvalue weighted by atomic mass is 35.5. The Morgan fingerprint density at radius 3 is 2.61 bits per heavy atom. The van der Waals surface area contributed by atoms with Crippen LogP contribution in [0.1, 0.15) is 36.2 Å². The molecule has 1 saturated heterocycles. The maximum Gasteiger partial charge on any atom is 0.243 e. The lowest BCUT2D eigenvalue weighted by Crippen LogP contribution is -2.47. The maximum absolute atomic E-state index is 15.0. The van der Waals surface area contributed by atoms with Crippen LogP contribution in [-0.4, -0.2) is 58.4 Å². The number of fused-ring (bicyclic) bond motifs is 1. The highest BCUT2D eigenvalue weighted by Gasteiger charge is 2.48. The van der Waals surface area contributed by atoms with Crippen molar-refractivity contribution in [3.8, 4) is 0 Å². The van der Waals surface area contributed by atoms with Crippen molar-refractivity contribution in [3.05, 3.63) is 70.6 Å². The van der Waals surface area contributed by atoms with Crippen LogP contribution in [0.25, 0.3) is 10.9 Å². The first-order chi connectivity index (χ1) is 17.2. The normalized spacial score (nSPS) is 19.7. The lowest BCUT2D eigenvalue weighted by Gasteiger charge is -2.27. The van der Waals surface area contributed by atoms with E-state index in [1.807, 2.05) is 0 Å². The Bertz CT molecular complexity index is 1310. The summed E-state index contributed by atoms with van der Waals surface area (Å²) in [7, 11) is 0. The topological polar surface area (TPSA) is 68.6 Å². The molecular formula is C27H27ClF2N2O4. The molecule has 0 saturated carbocycles. The Morgan fingerprint density at radius 2 is 1.89 bits per heavy atom. The van der Waals surface area contributed by atoms with Gasteiger partial charge in [-0.25, -0.2) is 8.78 Å². The van der Waals surface area contributed by atoms with Gasteiger partial charge in [0.15, 0.2) is 11.6 Å². The van der Waals surface area contributed by atoms with Crippen molar-refractivity contribution in [2.24, 2.45) is 0 Å². The van der Waals surface area contributed by atoms with Gasteiger partial charge in [0.2, 0.25) is 5.91 Å². The van der Waals surface area contributed by atoms with Gasteiger partial charge in [-0.2, -0.15) is 0 Å². The Kier molecular flexibility index (Phi) is 7.85. The molecule has 36 heavy (non-hydrogen) atoms. The van der Waals surface area contributed by atoms with E-state index in [2.05, 4.69) is 0 Å². The number of para-hydroxylation sites is 1. The van der Waals surface area contributed by atoms with Crippen molar-refractivity contribution in [2.75, 3.05) is 13.2 Å². The minimum Gasteiger partial charge on any atom is -0.373 e. The number of nitrogens with zero attached hydrogens (tertiary/aromatic N) is 2. The number of carbonyl (C=O) groups excluding carboxylic acids is 3. The van der Waals surface area contributed by atoms with Crippen molar-refractivity contribution in [1.29, 1.82) is 0 Å². The number of ether oxygens (including phenoxy) is 1. The quantitative estimate of drug-likeness (QED) is 0.383. The molecule has 0 bridgehead atoms. The zero-order valence-electron chi connectivity index (χ0n) is 20.0. The number of halogens is 3. The molecule has 1 amide bonds. The highest BCUT2D eigenvalue weighted by Crippen LogP contribution is 2.29. The molecule has 190 valence electrons. The van der Waals surface area contributed by atoms with E-state index in [4.69, 9.17) is 16.3 Å². The number of alkyl halides is 1. The summed E-state index contributed by atoms with van der Waals surface area (Å²) >= 11 is 5.84. The lowest BCUT2D eigenvalue weighted by atomic mass is 9.99. The summed E-state index contributed by atoms with van der Waals surface area (Å²) in [4.78, 5) is 40.0. The summed E-state index contributed by atoms with van der Waals surface area (Å²) in [6, 6.07) is 10.6. The Balaban J connectivity index is 1.58. The third kappa shape index (κ3) is 5.06. The van der Waals surface area contributed by atoms with Crippen molar-refractivity contribution >= 4 is 40.0 Å². The van der Waals surface area contributed by atoms with Gasteiger partial charge in [-0.15, -0.1) is 0 Å². The first-order valence-electron chi connectivity index (χ1n) is 11.8. The molecule has 1 fully saturated rings. The van der Waals surface area contributed by atoms with Crippen LogP contribution in [-0.2, 0) is 27.3 Å². The van der Waals surface area contributed by atoms with Crippen molar-refractivity contribution < 1.29 is 27.9 Å². The molecule has 1 aromatic heterocycles. The molecule has 3 atom stereocenters. The molecule has 6 nitrogen and oxygen atoms in total. The number of carbonyl (C=O) groups is 3. The number of benzene rings is 2. The van der Waals surface area contributed by atoms with Crippen LogP contribution in [0, 0.1) is 5.82 Å². The predicted molar refractivity (Wildman–Crippen MR) is 132 cm³/mol. The summed E-state index contributed by atoms with van der Waals surface area (Å²) < 4.78 is 36.5. The van der Waals surface area contributed by atoms with Crippen molar-refractivity contribution in [1.82, 2.24) is 9.47 Å². The van der Waals surface area contributed by atoms with Gasteiger partial charge in [-0.1, -0.05) is 41.9 Å². The summed E-state index contributed by atoms with van der Waals surface area (Å²) in [5, 5.41) is 0.670. The number of likely N-dealkylation sites (tertiary alicyclic amines) is 1. The molecule has 3 aromatic rings. The Morgan fingerprint density at radius 1 is 1.14 bits per heavy atom. The number of aromatic nitrogens is 1. The first kappa shape index (κ1) is 26.0. The van der Waals surface area contributed by atoms with Crippen LogP contribution < -0.4 is 0 Å². The SMILES string of the molecule is CCO[C@H]1[C@@H](C(=O)CCc2cccc(Cl)c2F)N(C(=O)Cn2cc(C(C)=O)c3ccccc32)C[C@@H]1F. The molecular weight excluding hydrogens is 490 g/mol. The summed E-state index contributed by atoms with van der Waals surface area (Å²) in [5.41, 5.74) is 1.44. The molecule has 0 spiro atoms. The molecule has 1 aliphatic heterocycles. The number of aryl methyl sites for hydroxylation is 1. The average molecular weight is 517 g/mol. The highest BCUT2D eigenvalue weighted by molar-refractivity contribution is 6.30. The largest absolute Gasteiger partial charge is 0.373 e. The monoisotopic (exact) mass is 516 g/mol. The second-order valence-electron chi connectivity index (χ2n) is 8.85. The second kappa shape index (κ2) is 10.9. The molecule has 0 aliphatic carbocycles. The first-order valence-corrected chi connectivity index (χ1v) is 12.2. The van der Waals surface area contributed by atoms with Gasteiger partial charge < -0.3 is 14.2 Å². The predicted octanol–water partition coefficient (Wildman–Crippen LogP) is 4.79. The third-order valence-electron chi connectivity index (χ3n) is 6.53.